The van der Waals surface area contributed by atoms with E-state index in [1.807, 2.05) is 6.92 Å². The second-order valence-electron chi connectivity index (χ2n) is 3.39. The summed E-state index contributed by atoms with van der Waals surface area (Å²) in [6, 6.07) is -1.71. The molecule has 16 heavy (non-hydrogen) atoms. The predicted molar refractivity (Wildman–Crippen MR) is 58.2 cm³/mol. The number of carboxylic acid groups (broad SMARTS) is 1. The average Bonchev–Trinajstić information content (AvgIpc) is 2.24. The molecule has 2 amide bonds. The number of rotatable bonds is 7. The quantitative estimate of drug-likeness (QED) is 0.594. The Balaban J connectivity index is 4.17. The molecule has 0 radical (unpaired) electrons. The molecule has 0 saturated heterocycles. The van der Waals surface area contributed by atoms with E-state index < -0.39 is 18.0 Å². The molecule has 6 heteroatoms. The highest BCUT2D eigenvalue weighted by molar-refractivity contribution is 5.88. The van der Waals surface area contributed by atoms with Crippen molar-refractivity contribution in [1.29, 1.82) is 0 Å². The van der Waals surface area contributed by atoms with Crippen molar-refractivity contribution in [3.8, 4) is 0 Å². The largest absolute Gasteiger partial charge is 0.480 e. The van der Waals surface area contributed by atoms with E-state index in [4.69, 9.17) is 5.11 Å². The molecule has 1 unspecified atom stereocenters. The Bertz CT molecular complexity index is 266. The molecule has 0 rings (SSSR count). The first-order chi connectivity index (χ1) is 7.51. The third-order valence-corrected chi connectivity index (χ3v) is 1.97. The lowest BCUT2D eigenvalue weighted by Gasteiger charge is -2.13. The Kier molecular flexibility index (Phi) is 6.91. The number of hydrogen-bond donors (Lipinski definition) is 3. The van der Waals surface area contributed by atoms with Crippen LogP contribution in [0.3, 0.4) is 0 Å². The van der Waals surface area contributed by atoms with Gasteiger partial charge in [0, 0.05) is 19.4 Å². The van der Waals surface area contributed by atoms with Crippen molar-refractivity contribution in [3.63, 3.8) is 0 Å². The van der Waals surface area contributed by atoms with Crippen molar-refractivity contribution in [1.82, 2.24) is 10.6 Å². The normalized spacial score (nSPS) is 11.6. The third-order valence-electron chi connectivity index (χ3n) is 1.97. The van der Waals surface area contributed by atoms with Crippen LogP contribution in [0.5, 0.6) is 0 Å². The van der Waals surface area contributed by atoms with Crippen LogP contribution in [0.2, 0.25) is 0 Å². The van der Waals surface area contributed by atoms with Gasteiger partial charge < -0.3 is 15.7 Å². The van der Waals surface area contributed by atoms with Gasteiger partial charge in [0.25, 0.3) is 0 Å². The maximum atomic E-state index is 11.2. The van der Waals surface area contributed by atoms with Crippen molar-refractivity contribution < 1.29 is 19.5 Å². The van der Waals surface area contributed by atoms with E-state index >= 15 is 0 Å². The number of nitrogens with one attached hydrogen (secondary N) is 2. The van der Waals surface area contributed by atoms with Gasteiger partial charge in [-0.2, -0.15) is 0 Å². The van der Waals surface area contributed by atoms with Crippen molar-refractivity contribution in [2.75, 3.05) is 6.54 Å². The van der Waals surface area contributed by atoms with E-state index in [2.05, 4.69) is 10.6 Å². The summed E-state index contributed by atoms with van der Waals surface area (Å²) < 4.78 is 0. The zero-order valence-corrected chi connectivity index (χ0v) is 9.58. The fourth-order valence-electron chi connectivity index (χ4n) is 1.02. The monoisotopic (exact) mass is 230 g/mol. The van der Waals surface area contributed by atoms with Crippen molar-refractivity contribution in [2.45, 2.75) is 39.2 Å². The minimum absolute atomic E-state index is 0.175. The molecule has 0 aliphatic heterocycles. The molecule has 0 aliphatic carbocycles. The summed E-state index contributed by atoms with van der Waals surface area (Å²) in [4.78, 5) is 33.0. The lowest BCUT2D eigenvalue weighted by Crippen LogP contribution is -2.47. The Morgan fingerprint density at radius 3 is 2.31 bits per heavy atom. The fraction of sp³-hybridized carbons (Fsp3) is 0.700. The molecule has 0 aromatic carbocycles. The number of urea groups is 1. The Hall–Kier alpha value is -1.59. The van der Waals surface area contributed by atoms with E-state index in [0.717, 1.165) is 6.42 Å². The minimum Gasteiger partial charge on any atom is -0.480 e. The molecule has 92 valence electrons. The van der Waals surface area contributed by atoms with E-state index in [9.17, 15) is 14.4 Å². The summed E-state index contributed by atoms with van der Waals surface area (Å²) >= 11 is 0. The highest BCUT2D eigenvalue weighted by atomic mass is 16.4. The lowest BCUT2D eigenvalue weighted by molar-refractivity contribution is -0.140. The van der Waals surface area contributed by atoms with Crippen LogP contribution in [-0.2, 0) is 9.59 Å². The SMILES string of the molecule is CCCNC(=O)NC(CC(=O)CC)C(=O)O. The summed E-state index contributed by atoms with van der Waals surface area (Å²) in [6.45, 7) is 4.01. The number of ketones is 1. The Morgan fingerprint density at radius 2 is 1.88 bits per heavy atom. The molecule has 0 aromatic heterocycles. The molecular formula is C10H18N2O4. The van der Waals surface area contributed by atoms with Gasteiger partial charge in [0.2, 0.25) is 0 Å². The van der Waals surface area contributed by atoms with Gasteiger partial charge in [-0.15, -0.1) is 0 Å². The zero-order chi connectivity index (χ0) is 12.6. The summed E-state index contributed by atoms with van der Waals surface area (Å²) in [7, 11) is 0. The number of carbonyl (C=O) groups excluding carboxylic acids is 2. The van der Waals surface area contributed by atoms with Gasteiger partial charge >= 0.3 is 12.0 Å². The maximum Gasteiger partial charge on any atom is 0.326 e. The maximum absolute atomic E-state index is 11.2. The molecule has 3 N–H and O–H groups in total. The molecule has 1 atom stereocenters. The van der Waals surface area contributed by atoms with Crippen LogP contribution < -0.4 is 10.6 Å². The molecule has 0 bridgehead atoms. The minimum atomic E-state index is -1.20. The van der Waals surface area contributed by atoms with Crippen molar-refractivity contribution >= 4 is 17.8 Å². The van der Waals surface area contributed by atoms with Crippen LogP contribution in [0.15, 0.2) is 0 Å². The smallest absolute Gasteiger partial charge is 0.326 e. The molecular weight excluding hydrogens is 212 g/mol. The van der Waals surface area contributed by atoms with Gasteiger partial charge in [-0.05, 0) is 6.42 Å². The molecule has 0 aliphatic rings. The second-order valence-corrected chi connectivity index (χ2v) is 3.39. The number of carboxylic acids is 1. The first kappa shape index (κ1) is 14.4. The first-order valence-electron chi connectivity index (χ1n) is 5.30. The third kappa shape index (κ3) is 6.00. The van der Waals surface area contributed by atoms with E-state index in [1.54, 1.807) is 6.92 Å². The predicted octanol–water partition coefficient (Wildman–Crippen LogP) is 0.518. The van der Waals surface area contributed by atoms with Gasteiger partial charge in [0.1, 0.15) is 11.8 Å². The summed E-state index contributed by atoms with van der Waals surface area (Å²) in [5, 5.41) is 13.5. The summed E-state index contributed by atoms with van der Waals surface area (Å²) in [5.74, 6) is -1.39. The fourth-order valence-corrected chi connectivity index (χ4v) is 1.02. The van der Waals surface area contributed by atoms with Crippen LogP contribution >= 0.6 is 0 Å². The first-order valence-corrected chi connectivity index (χ1v) is 5.30. The standard InChI is InChI=1S/C10H18N2O4/c1-3-5-11-10(16)12-8(9(14)15)6-7(13)4-2/h8H,3-6H2,1-2H3,(H,14,15)(H2,11,12,16). The molecule has 0 saturated carbocycles. The van der Waals surface area contributed by atoms with Gasteiger partial charge in [0.15, 0.2) is 0 Å². The van der Waals surface area contributed by atoms with Crippen LogP contribution in [0.25, 0.3) is 0 Å². The van der Waals surface area contributed by atoms with Crippen LogP contribution in [0, 0.1) is 0 Å². The van der Waals surface area contributed by atoms with Crippen molar-refractivity contribution in [2.24, 2.45) is 0 Å². The van der Waals surface area contributed by atoms with Gasteiger partial charge in [-0.3, -0.25) is 4.79 Å². The van der Waals surface area contributed by atoms with Crippen LogP contribution in [0.1, 0.15) is 33.1 Å². The average molecular weight is 230 g/mol. The van der Waals surface area contributed by atoms with E-state index in [-0.39, 0.29) is 18.6 Å². The molecule has 0 fully saturated rings. The van der Waals surface area contributed by atoms with Crippen LogP contribution in [0.4, 0.5) is 4.79 Å². The number of aliphatic carboxylic acids is 1. The highest BCUT2D eigenvalue weighted by Gasteiger charge is 2.22. The van der Waals surface area contributed by atoms with E-state index in [1.165, 1.54) is 0 Å². The van der Waals surface area contributed by atoms with Gasteiger partial charge in [-0.1, -0.05) is 13.8 Å². The highest BCUT2D eigenvalue weighted by Crippen LogP contribution is 1.97. The molecule has 0 aromatic rings. The number of amides is 2. The second kappa shape index (κ2) is 7.67. The molecule has 0 heterocycles. The Morgan fingerprint density at radius 1 is 1.25 bits per heavy atom. The van der Waals surface area contributed by atoms with Crippen molar-refractivity contribution in [3.05, 3.63) is 0 Å². The topological polar surface area (TPSA) is 95.5 Å². The number of carbonyl (C=O) groups is 3. The number of hydrogen-bond acceptors (Lipinski definition) is 3. The molecule has 6 nitrogen and oxygen atoms in total. The zero-order valence-electron chi connectivity index (χ0n) is 9.58. The Labute approximate surface area is 94.4 Å². The van der Waals surface area contributed by atoms with Crippen LogP contribution in [-0.4, -0.2) is 35.5 Å². The summed E-state index contributed by atoms with van der Waals surface area (Å²) in [6.07, 6.45) is 0.854. The van der Waals surface area contributed by atoms with E-state index in [0.29, 0.717) is 6.54 Å². The van der Waals surface area contributed by atoms with Gasteiger partial charge in [-0.25, -0.2) is 9.59 Å². The summed E-state index contributed by atoms with van der Waals surface area (Å²) in [5.41, 5.74) is 0. The lowest BCUT2D eigenvalue weighted by atomic mass is 10.1. The van der Waals surface area contributed by atoms with Gasteiger partial charge in [0.05, 0.1) is 0 Å². The number of Topliss-reactive ketones (excluding diaryl/α,β-unsaturated/α-hetero) is 1. The molecule has 0 spiro atoms.